The molecule has 0 radical (unpaired) electrons. The predicted molar refractivity (Wildman–Crippen MR) is 79.7 cm³/mol. The summed E-state index contributed by atoms with van der Waals surface area (Å²) in [4.78, 5) is 6.03. The van der Waals surface area contributed by atoms with E-state index in [1.54, 1.807) is 0 Å². The zero-order valence-corrected chi connectivity index (χ0v) is 13.6. The van der Waals surface area contributed by atoms with Crippen molar-refractivity contribution in [2.24, 2.45) is 0 Å². The summed E-state index contributed by atoms with van der Waals surface area (Å²) in [5.74, 6) is 0. The van der Waals surface area contributed by atoms with E-state index in [1.807, 2.05) is 7.05 Å². The van der Waals surface area contributed by atoms with Gasteiger partial charge in [0, 0.05) is 18.3 Å². The Morgan fingerprint density at radius 1 is 1.45 bits per heavy atom. The monoisotopic (exact) mass is 337 g/mol. The first-order chi connectivity index (χ1) is 9.29. The van der Waals surface area contributed by atoms with E-state index in [4.69, 9.17) is 23.2 Å². The Kier molecular flexibility index (Phi) is 4.92. The van der Waals surface area contributed by atoms with E-state index in [0.717, 1.165) is 19.4 Å². The van der Waals surface area contributed by atoms with Crippen LogP contribution in [0.4, 0.5) is 0 Å². The van der Waals surface area contributed by atoms with Crippen LogP contribution < -0.4 is 4.72 Å². The number of hydrogen-bond acceptors (Lipinski definition) is 4. The van der Waals surface area contributed by atoms with Crippen molar-refractivity contribution in [2.75, 3.05) is 13.6 Å². The van der Waals surface area contributed by atoms with Gasteiger partial charge in [-0.3, -0.25) is 0 Å². The minimum atomic E-state index is -3.61. The highest BCUT2D eigenvalue weighted by atomic mass is 35.5. The Morgan fingerprint density at radius 2 is 2.15 bits per heavy atom. The first-order valence-corrected chi connectivity index (χ1v) is 8.57. The number of pyridine rings is 1. The molecule has 1 aromatic heterocycles. The van der Waals surface area contributed by atoms with Crippen molar-refractivity contribution in [3.63, 3.8) is 0 Å². The number of halogens is 2. The molecule has 1 saturated heterocycles. The average molecular weight is 338 g/mol. The SMILES string of the molecule is CC1CC(NS(=O)(=O)c2cnc(Cl)c(Cl)c2)CCN1C. The van der Waals surface area contributed by atoms with Crippen LogP contribution in [0, 0.1) is 0 Å². The highest BCUT2D eigenvalue weighted by Gasteiger charge is 2.27. The Morgan fingerprint density at radius 3 is 2.75 bits per heavy atom. The topological polar surface area (TPSA) is 62.3 Å². The zero-order valence-electron chi connectivity index (χ0n) is 11.3. The fourth-order valence-corrected chi connectivity index (χ4v) is 3.82. The lowest BCUT2D eigenvalue weighted by molar-refractivity contribution is 0.178. The van der Waals surface area contributed by atoms with Crippen molar-refractivity contribution in [3.8, 4) is 0 Å². The van der Waals surface area contributed by atoms with E-state index < -0.39 is 10.0 Å². The van der Waals surface area contributed by atoms with Crippen LogP contribution in [0.25, 0.3) is 0 Å². The van der Waals surface area contributed by atoms with Crippen LogP contribution >= 0.6 is 23.2 Å². The number of piperidine rings is 1. The molecule has 0 aromatic carbocycles. The maximum Gasteiger partial charge on any atom is 0.242 e. The average Bonchev–Trinajstić information content (AvgIpc) is 2.37. The van der Waals surface area contributed by atoms with Gasteiger partial charge in [-0.1, -0.05) is 23.2 Å². The zero-order chi connectivity index (χ0) is 14.9. The second kappa shape index (κ2) is 6.15. The van der Waals surface area contributed by atoms with Crippen LogP contribution in [0.5, 0.6) is 0 Å². The molecule has 1 aromatic rings. The first-order valence-electron chi connectivity index (χ1n) is 6.33. The van der Waals surface area contributed by atoms with Gasteiger partial charge in [0.15, 0.2) is 0 Å². The molecule has 2 unspecified atom stereocenters. The number of aromatic nitrogens is 1. The summed E-state index contributed by atoms with van der Waals surface area (Å²) >= 11 is 11.5. The number of rotatable bonds is 3. The van der Waals surface area contributed by atoms with Crippen molar-refractivity contribution in [3.05, 3.63) is 22.4 Å². The molecule has 0 amide bonds. The lowest BCUT2D eigenvalue weighted by Crippen LogP contribution is -2.47. The molecule has 1 N–H and O–H groups in total. The minimum absolute atomic E-state index is 0.0403. The molecule has 0 bridgehead atoms. The van der Waals surface area contributed by atoms with Gasteiger partial charge in [-0.05, 0) is 39.4 Å². The number of likely N-dealkylation sites (tertiary alicyclic amines) is 1. The Labute approximate surface area is 129 Å². The van der Waals surface area contributed by atoms with Gasteiger partial charge in [-0.15, -0.1) is 0 Å². The van der Waals surface area contributed by atoms with Crippen molar-refractivity contribution >= 4 is 33.2 Å². The smallest absolute Gasteiger partial charge is 0.242 e. The van der Waals surface area contributed by atoms with E-state index in [2.05, 4.69) is 21.5 Å². The fraction of sp³-hybridized carbons (Fsp3) is 0.583. The van der Waals surface area contributed by atoms with Gasteiger partial charge in [0.2, 0.25) is 10.0 Å². The van der Waals surface area contributed by atoms with Gasteiger partial charge in [0.25, 0.3) is 0 Å². The molecule has 1 aliphatic heterocycles. The van der Waals surface area contributed by atoms with Crippen LogP contribution in [0.3, 0.4) is 0 Å². The molecular formula is C12H17Cl2N3O2S. The van der Waals surface area contributed by atoms with Gasteiger partial charge < -0.3 is 4.90 Å². The maximum atomic E-state index is 12.3. The third-order valence-electron chi connectivity index (χ3n) is 3.61. The highest BCUT2D eigenvalue weighted by molar-refractivity contribution is 7.89. The lowest BCUT2D eigenvalue weighted by Gasteiger charge is -2.35. The van der Waals surface area contributed by atoms with Crippen LogP contribution in [-0.2, 0) is 10.0 Å². The van der Waals surface area contributed by atoms with Gasteiger partial charge in [0.05, 0.1) is 5.02 Å². The standard InChI is InChI=1S/C12H17Cl2N3O2S/c1-8-5-9(3-4-17(8)2)16-20(18,19)10-6-11(13)12(14)15-7-10/h6-9,16H,3-5H2,1-2H3. The van der Waals surface area contributed by atoms with Crippen LogP contribution in [0.15, 0.2) is 17.2 Å². The molecule has 0 spiro atoms. The number of sulfonamides is 1. The Bertz CT molecular complexity index is 594. The molecule has 20 heavy (non-hydrogen) atoms. The fourth-order valence-electron chi connectivity index (χ4n) is 2.23. The molecule has 1 fully saturated rings. The van der Waals surface area contributed by atoms with Gasteiger partial charge in [0.1, 0.15) is 10.0 Å². The van der Waals surface area contributed by atoms with E-state index >= 15 is 0 Å². The second-order valence-corrected chi connectivity index (χ2v) is 7.60. The summed E-state index contributed by atoms with van der Waals surface area (Å²) in [6, 6.07) is 1.60. The molecule has 0 aliphatic carbocycles. The summed E-state index contributed by atoms with van der Waals surface area (Å²) in [5, 5.41) is 0.227. The van der Waals surface area contributed by atoms with Crippen molar-refractivity contribution in [2.45, 2.75) is 36.7 Å². The van der Waals surface area contributed by atoms with E-state index in [-0.39, 0.29) is 21.1 Å². The number of hydrogen-bond donors (Lipinski definition) is 1. The van der Waals surface area contributed by atoms with E-state index in [0.29, 0.717) is 6.04 Å². The predicted octanol–water partition coefficient (Wildman–Crippen LogP) is 2.15. The van der Waals surface area contributed by atoms with Crippen molar-refractivity contribution in [1.82, 2.24) is 14.6 Å². The summed E-state index contributed by atoms with van der Waals surface area (Å²) < 4.78 is 27.3. The molecule has 8 heteroatoms. The Balaban J connectivity index is 2.13. The number of nitrogens with zero attached hydrogens (tertiary/aromatic N) is 2. The molecule has 2 rings (SSSR count). The summed E-state index contributed by atoms with van der Waals surface area (Å²) in [6.07, 6.45) is 2.79. The quantitative estimate of drug-likeness (QED) is 0.858. The summed E-state index contributed by atoms with van der Waals surface area (Å²) in [6.45, 7) is 2.95. The summed E-state index contributed by atoms with van der Waals surface area (Å²) in [5.41, 5.74) is 0. The Hall–Kier alpha value is -0.400. The van der Waals surface area contributed by atoms with Crippen LogP contribution in [0.2, 0.25) is 10.2 Å². The second-order valence-electron chi connectivity index (χ2n) is 5.12. The van der Waals surface area contributed by atoms with Gasteiger partial charge >= 0.3 is 0 Å². The lowest BCUT2D eigenvalue weighted by atomic mass is 10.0. The highest BCUT2D eigenvalue weighted by Crippen LogP contribution is 2.23. The maximum absolute atomic E-state index is 12.3. The van der Waals surface area contributed by atoms with E-state index in [1.165, 1.54) is 12.3 Å². The first kappa shape index (κ1) is 16.0. The molecule has 2 atom stereocenters. The van der Waals surface area contributed by atoms with Gasteiger partial charge in [-0.2, -0.15) is 0 Å². The normalized spacial score (nSPS) is 24.8. The van der Waals surface area contributed by atoms with Gasteiger partial charge in [-0.25, -0.2) is 18.1 Å². The minimum Gasteiger partial charge on any atom is -0.304 e. The molecule has 0 saturated carbocycles. The molecular weight excluding hydrogens is 321 g/mol. The number of nitrogens with one attached hydrogen (secondary N) is 1. The van der Waals surface area contributed by atoms with Crippen molar-refractivity contribution < 1.29 is 8.42 Å². The van der Waals surface area contributed by atoms with Crippen LogP contribution in [0.1, 0.15) is 19.8 Å². The largest absolute Gasteiger partial charge is 0.304 e. The molecule has 112 valence electrons. The third-order valence-corrected chi connectivity index (χ3v) is 5.79. The molecule has 1 aliphatic rings. The molecule has 5 nitrogen and oxygen atoms in total. The third kappa shape index (κ3) is 3.62. The summed E-state index contributed by atoms with van der Waals surface area (Å²) in [7, 11) is -1.57. The van der Waals surface area contributed by atoms with Crippen molar-refractivity contribution in [1.29, 1.82) is 0 Å². The molecule has 2 heterocycles. The van der Waals surface area contributed by atoms with E-state index in [9.17, 15) is 8.42 Å². The van der Waals surface area contributed by atoms with Crippen LogP contribution in [-0.4, -0.2) is 44.0 Å².